The van der Waals surface area contributed by atoms with E-state index in [1.165, 1.54) is 34.9 Å². The number of pyridine rings is 2. The SMILES string of the molecule is CC(C)Oc1cc(F)cc2ccc(-c3nnc4ccc([C@@H](N5C[C@@H](N)[C@@H](O)C5)C(F)(F)F)cn34)nc12. The van der Waals surface area contributed by atoms with Crippen LogP contribution in [-0.2, 0) is 0 Å². The van der Waals surface area contributed by atoms with E-state index in [1.54, 1.807) is 26.0 Å². The van der Waals surface area contributed by atoms with Gasteiger partial charge in [0, 0.05) is 36.8 Å². The summed E-state index contributed by atoms with van der Waals surface area (Å²) in [6.07, 6.45) is -4.56. The Balaban J connectivity index is 1.61. The first kappa shape index (κ1) is 24.3. The van der Waals surface area contributed by atoms with Crippen LogP contribution in [0.25, 0.3) is 28.1 Å². The quantitative estimate of drug-likeness (QED) is 0.401. The number of nitrogens with two attached hydrogens (primary N) is 1. The van der Waals surface area contributed by atoms with Crippen molar-refractivity contribution in [2.75, 3.05) is 13.1 Å². The second-order valence-corrected chi connectivity index (χ2v) is 9.18. The number of alkyl halides is 3. The predicted octanol–water partition coefficient (Wildman–Crippen LogP) is 3.48. The van der Waals surface area contributed by atoms with Gasteiger partial charge < -0.3 is 15.6 Å². The summed E-state index contributed by atoms with van der Waals surface area (Å²) >= 11 is 0. The molecule has 190 valence electrons. The number of ether oxygens (including phenoxy) is 1. The average Bonchev–Trinajstić information content (AvgIpc) is 3.34. The Morgan fingerprint density at radius 2 is 1.89 bits per heavy atom. The van der Waals surface area contributed by atoms with Crippen LogP contribution >= 0.6 is 0 Å². The Bertz CT molecular complexity index is 1410. The third kappa shape index (κ3) is 4.47. The lowest BCUT2D eigenvalue weighted by molar-refractivity contribution is -0.184. The largest absolute Gasteiger partial charge is 0.489 e. The van der Waals surface area contributed by atoms with Gasteiger partial charge in [0.1, 0.15) is 28.8 Å². The van der Waals surface area contributed by atoms with E-state index in [9.17, 15) is 22.7 Å². The molecule has 4 aromatic rings. The number of halogens is 4. The summed E-state index contributed by atoms with van der Waals surface area (Å²) in [5.74, 6) is -0.0136. The summed E-state index contributed by atoms with van der Waals surface area (Å²) < 4.78 is 63.7. The second-order valence-electron chi connectivity index (χ2n) is 9.18. The smallest absolute Gasteiger partial charge is 0.408 e. The Morgan fingerprint density at radius 1 is 1.11 bits per heavy atom. The first-order valence-corrected chi connectivity index (χ1v) is 11.4. The zero-order chi connectivity index (χ0) is 25.8. The lowest BCUT2D eigenvalue weighted by atomic mass is 10.1. The number of likely N-dealkylation sites (tertiary alicyclic amines) is 1. The molecule has 8 nitrogen and oxygen atoms in total. The van der Waals surface area contributed by atoms with Gasteiger partial charge in [0.05, 0.1) is 12.2 Å². The van der Waals surface area contributed by atoms with E-state index >= 15 is 0 Å². The Hall–Kier alpha value is -3.35. The zero-order valence-electron chi connectivity index (χ0n) is 19.4. The van der Waals surface area contributed by atoms with Crippen LogP contribution in [0.15, 0.2) is 42.6 Å². The van der Waals surface area contributed by atoms with Crippen LogP contribution in [0.2, 0.25) is 0 Å². The summed E-state index contributed by atoms with van der Waals surface area (Å²) in [6, 6.07) is 5.85. The maximum Gasteiger partial charge on any atom is 0.408 e. The Morgan fingerprint density at radius 3 is 2.56 bits per heavy atom. The second kappa shape index (κ2) is 8.95. The van der Waals surface area contributed by atoms with Crippen molar-refractivity contribution in [1.29, 1.82) is 0 Å². The van der Waals surface area contributed by atoms with Crippen LogP contribution in [0, 0.1) is 5.82 Å². The highest BCUT2D eigenvalue weighted by molar-refractivity contribution is 5.86. The molecule has 0 unspecified atom stereocenters. The van der Waals surface area contributed by atoms with Gasteiger partial charge in [-0.3, -0.25) is 9.30 Å². The molecule has 1 aliphatic rings. The maximum atomic E-state index is 14.2. The van der Waals surface area contributed by atoms with Crippen molar-refractivity contribution >= 4 is 16.6 Å². The molecule has 1 aromatic carbocycles. The van der Waals surface area contributed by atoms with Crippen molar-refractivity contribution in [3.8, 4) is 17.3 Å². The molecule has 1 saturated heterocycles. The summed E-state index contributed by atoms with van der Waals surface area (Å²) in [5.41, 5.74) is 6.77. The fourth-order valence-electron chi connectivity index (χ4n) is 4.54. The van der Waals surface area contributed by atoms with Gasteiger partial charge in [-0.25, -0.2) is 9.37 Å². The highest BCUT2D eigenvalue weighted by Gasteiger charge is 2.48. The minimum Gasteiger partial charge on any atom is -0.489 e. The molecule has 0 radical (unpaired) electrons. The minimum absolute atomic E-state index is 0.0518. The van der Waals surface area contributed by atoms with Crippen LogP contribution in [0.4, 0.5) is 17.6 Å². The van der Waals surface area contributed by atoms with E-state index in [-0.39, 0.29) is 36.3 Å². The number of benzene rings is 1. The molecule has 12 heteroatoms. The van der Waals surface area contributed by atoms with Crippen molar-refractivity contribution in [2.45, 2.75) is 44.3 Å². The lowest BCUT2D eigenvalue weighted by Gasteiger charge is -2.29. The maximum absolute atomic E-state index is 14.2. The van der Waals surface area contributed by atoms with Gasteiger partial charge in [0.25, 0.3) is 0 Å². The number of aliphatic hydroxyl groups is 1. The number of fused-ring (bicyclic) bond motifs is 2. The monoisotopic (exact) mass is 504 g/mol. The molecule has 0 spiro atoms. The van der Waals surface area contributed by atoms with Gasteiger partial charge in [-0.1, -0.05) is 12.1 Å². The van der Waals surface area contributed by atoms with Gasteiger partial charge in [-0.05, 0) is 37.6 Å². The number of rotatable bonds is 5. The van der Waals surface area contributed by atoms with Crippen molar-refractivity contribution in [2.24, 2.45) is 5.73 Å². The lowest BCUT2D eigenvalue weighted by Crippen LogP contribution is -2.38. The highest BCUT2D eigenvalue weighted by Crippen LogP contribution is 2.39. The van der Waals surface area contributed by atoms with Crippen LogP contribution < -0.4 is 10.5 Å². The summed E-state index contributed by atoms with van der Waals surface area (Å²) in [4.78, 5) is 5.71. The standard InChI is InChI=1S/C24H24F4N6O2/c1-12(2)36-19-8-15(25)7-13-3-5-17(30-21(13)19)23-32-31-20-6-4-14(9-34(20)23)22(24(26,27)28)33-10-16(29)18(35)11-33/h3-9,12,16,18,22,35H,10-11,29H2,1-2H3/t16-,18+,22-/m1/s1. The highest BCUT2D eigenvalue weighted by atomic mass is 19.4. The van der Waals surface area contributed by atoms with Gasteiger partial charge in [-0.15, -0.1) is 10.2 Å². The summed E-state index contributed by atoms with van der Waals surface area (Å²) in [6.45, 7) is 3.31. The van der Waals surface area contributed by atoms with Gasteiger partial charge in [0.15, 0.2) is 11.5 Å². The van der Waals surface area contributed by atoms with Gasteiger partial charge in [0.2, 0.25) is 0 Å². The number of aliphatic hydroxyl groups excluding tert-OH is 1. The fraction of sp³-hybridized carbons (Fsp3) is 0.375. The van der Waals surface area contributed by atoms with Crippen LogP contribution in [0.5, 0.6) is 5.75 Å². The topological polar surface area (TPSA) is 102 Å². The predicted molar refractivity (Wildman–Crippen MR) is 124 cm³/mol. The van der Waals surface area contributed by atoms with Gasteiger partial charge in [-0.2, -0.15) is 13.2 Å². The Kier molecular flexibility index (Phi) is 6.05. The van der Waals surface area contributed by atoms with Crippen LogP contribution in [-0.4, -0.2) is 67.1 Å². The normalized spacial score (nSPS) is 20.0. The molecule has 1 aliphatic heterocycles. The molecule has 36 heavy (non-hydrogen) atoms. The van der Waals surface area contributed by atoms with E-state index in [1.807, 2.05) is 0 Å². The van der Waals surface area contributed by atoms with Crippen molar-refractivity contribution in [3.63, 3.8) is 0 Å². The van der Waals surface area contributed by atoms with Crippen LogP contribution in [0.3, 0.4) is 0 Å². The molecule has 0 aliphatic carbocycles. The number of hydrogen-bond acceptors (Lipinski definition) is 7. The number of nitrogens with zero attached hydrogens (tertiary/aromatic N) is 5. The Labute approximate surface area is 203 Å². The molecule has 0 bridgehead atoms. The molecule has 0 saturated carbocycles. The van der Waals surface area contributed by atoms with E-state index in [0.29, 0.717) is 22.2 Å². The third-order valence-corrected chi connectivity index (χ3v) is 6.09. The molecule has 5 rings (SSSR count). The number of hydrogen-bond donors (Lipinski definition) is 2. The van der Waals surface area contributed by atoms with Crippen molar-refractivity contribution < 1.29 is 27.4 Å². The molecule has 3 atom stereocenters. The van der Waals surface area contributed by atoms with E-state index in [2.05, 4.69) is 15.2 Å². The minimum atomic E-state index is -4.61. The number of β-amino-alcohol motifs (C(OH)–C–C–N with tert-alkyl or cyclic N) is 1. The molecule has 4 heterocycles. The van der Waals surface area contributed by atoms with Crippen LogP contribution in [0.1, 0.15) is 25.5 Å². The molecule has 0 amide bonds. The average molecular weight is 504 g/mol. The first-order valence-electron chi connectivity index (χ1n) is 11.4. The third-order valence-electron chi connectivity index (χ3n) is 6.09. The zero-order valence-corrected chi connectivity index (χ0v) is 19.4. The summed E-state index contributed by atoms with van der Waals surface area (Å²) in [7, 11) is 0. The molecular weight excluding hydrogens is 480 g/mol. The van der Waals surface area contributed by atoms with Crippen molar-refractivity contribution in [1.82, 2.24) is 24.5 Å². The van der Waals surface area contributed by atoms with Gasteiger partial charge >= 0.3 is 6.18 Å². The fourth-order valence-corrected chi connectivity index (χ4v) is 4.54. The molecule has 3 N–H and O–H groups in total. The summed E-state index contributed by atoms with van der Waals surface area (Å²) in [5, 5.41) is 18.7. The van der Waals surface area contributed by atoms with Crippen molar-refractivity contribution in [3.05, 3.63) is 54.0 Å². The van der Waals surface area contributed by atoms with E-state index in [4.69, 9.17) is 10.5 Å². The van der Waals surface area contributed by atoms with E-state index in [0.717, 1.165) is 4.90 Å². The first-order chi connectivity index (χ1) is 17.0. The molecule has 3 aromatic heterocycles. The van der Waals surface area contributed by atoms with E-state index < -0.39 is 30.2 Å². The molecule has 1 fully saturated rings. The number of aromatic nitrogens is 4. The molecular formula is C24H24F4N6O2.